The SMILES string of the molecule is [N-]=[N+]=N[C@H]1CCC[C@H]1O. The molecule has 4 heteroatoms. The Kier molecular flexibility index (Phi) is 1.92. The highest BCUT2D eigenvalue weighted by Crippen LogP contribution is 2.21. The normalized spacial score (nSPS) is 33.9. The standard InChI is InChI=1S/C5H9N3O/c6-8-7-4-2-1-3-5(4)9/h4-5,9H,1-3H2/t4-,5+/m0/s1. The van der Waals surface area contributed by atoms with E-state index < -0.39 is 0 Å². The fourth-order valence-corrected chi connectivity index (χ4v) is 1.12. The summed E-state index contributed by atoms with van der Waals surface area (Å²) in [5.74, 6) is 0. The topological polar surface area (TPSA) is 69.0 Å². The Morgan fingerprint density at radius 1 is 1.56 bits per heavy atom. The predicted octanol–water partition coefficient (Wildman–Crippen LogP) is 1.21. The fraction of sp³-hybridized carbons (Fsp3) is 1.00. The maximum atomic E-state index is 9.06. The largest absolute Gasteiger partial charge is 0.393 e. The second-order valence-corrected chi connectivity index (χ2v) is 2.27. The maximum absolute atomic E-state index is 9.06. The summed E-state index contributed by atoms with van der Waals surface area (Å²) in [7, 11) is 0. The molecule has 0 unspecified atom stereocenters. The van der Waals surface area contributed by atoms with Gasteiger partial charge in [-0.1, -0.05) is 11.5 Å². The molecule has 1 aliphatic rings. The first-order chi connectivity index (χ1) is 4.34. The van der Waals surface area contributed by atoms with E-state index in [1.54, 1.807) is 0 Å². The third kappa shape index (κ3) is 1.34. The molecule has 50 valence electrons. The van der Waals surface area contributed by atoms with Crippen LogP contribution in [-0.4, -0.2) is 17.3 Å². The summed E-state index contributed by atoms with van der Waals surface area (Å²) in [5.41, 5.74) is 7.99. The molecule has 0 aromatic carbocycles. The van der Waals surface area contributed by atoms with Crippen LogP contribution >= 0.6 is 0 Å². The Hall–Kier alpha value is -0.730. The molecule has 1 rings (SSSR count). The van der Waals surface area contributed by atoms with Gasteiger partial charge in [-0.25, -0.2) is 0 Å². The highest BCUT2D eigenvalue weighted by Gasteiger charge is 2.23. The molecule has 0 aromatic heterocycles. The van der Waals surface area contributed by atoms with Crippen molar-refractivity contribution in [1.29, 1.82) is 0 Å². The molecule has 0 spiro atoms. The van der Waals surface area contributed by atoms with Crippen molar-refractivity contribution in [3.05, 3.63) is 10.4 Å². The van der Waals surface area contributed by atoms with E-state index in [1.165, 1.54) is 0 Å². The lowest BCUT2D eigenvalue weighted by molar-refractivity contribution is 0.165. The molecule has 1 saturated carbocycles. The summed E-state index contributed by atoms with van der Waals surface area (Å²) in [6.45, 7) is 0. The van der Waals surface area contributed by atoms with E-state index in [-0.39, 0.29) is 12.1 Å². The lowest BCUT2D eigenvalue weighted by Crippen LogP contribution is -2.15. The summed E-state index contributed by atoms with van der Waals surface area (Å²) in [6, 6.07) is -0.157. The minimum atomic E-state index is -0.388. The number of rotatable bonds is 1. The quantitative estimate of drug-likeness (QED) is 0.321. The molecule has 9 heavy (non-hydrogen) atoms. The molecule has 0 amide bonds. The molecule has 4 nitrogen and oxygen atoms in total. The van der Waals surface area contributed by atoms with E-state index in [9.17, 15) is 0 Å². The van der Waals surface area contributed by atoms with Crippen LogP contribution in [0.25, 0.3) is 10.4 Å². The van der Waals surface area contributed by atoms with E-state index >= 15 is 0 Å². The number of hydrogen-bond donors (Lipinski definition) is 1. The van der Waals surface area contributed by atoms with Crippen molar-refractivity contribution >= 4 is 0 Å². The number of aliphatic hydroxyl groups excluding tert-OH is 1. The van der Waals surface area contributed by atoms with Crippen LogP contribution in [0, 0.1) is 0 Å². The number of azide groups is 1. The third-order valence-corrected chi connectivity index (χ3v) is 1.64. The summed E-state index contributed by atoms with van der Waals surface area (Å²) < 4.78 is 0. The van der Waals surface area contributed by atoms with E-state index in [4.69, 9.17) is 10.6 Å². The highest BCUT2D eigenvalue weighted by atomic mass is 16.3. The Bertz CT molecular complexity index is 141. The summed E-state index contributed by atoms with van der Waals surface area (Å²) in [4.78, 5) is 2.63. The van der Waals surface area contributed by atoms with Crippen LogP contribution in [0.2, 0.25) is 0 Å². The van der Waals surface area contributed by atoms with Gasteiger partial charge in [0, 0.05) is 4.91 Å². The lowest BCUT2D eigenvalue weighted by atomic mass is 10.2. The number of hydrogen-bond acceptors (Lipinski definition) is 2. The molecule has 0 aliphatic heterocycles. The van der Waals surface area contributed by atoms with Gasteiger partial charge in [0.2, 0.25) is 0 Å². The molecule has 1 fully saturated rings. The van der Waals surface area contributed by atoms with Gasteiger partial charge in [-0.3, -0.25) is 0 Å². The Morgan fingerprint density at radius 3 is 2.78 bits per heavy atom. The molecule has 0 radical (unpaired) electrons. The first kappa shape index (κ1) is 6.39. The van der Waals surface area contributed by atoms with Crippen molar-refractivity contribution in [1.82, 2.24) is 0 Å². The minimum Gasteiger partial charge on any atom is -0.393 e. The van der Waals surface area contributed by atoms with E-state index in [0.717, 1.165) is 19.3 Å². The molecule has 0 bridgehead atoms. The van der Waals surface area contributed by atoms with Crippen molar-refractivity contribution in [2.45, 2.75) is 31.4 Å². The minimum absolute atomic E-state index is 0.157. The zero-order valence-corrected chi connectivity index (χ0v) is 5.06. The van der Waals surface area contributed by atoms with Crippen LogP contribution in [-0.2, 0) is 0 Å². The zero-order chi connectivity index (χ0) is 6.69. The van der Waals surface area contributed by atoms with Crippen molar-refractivity contribution in [2.24, 2.45) is 5.11 Å². The van der Waals surface area contributed by atoms with Gasteiger partial charge < -0.3 is 5.11 Å². The van der Waals surface area contributed by atoms with E-state index in [0.29, 0.717) is 0 Å². The first-order valence-corrected chi connectivity index (χ1v) is 3.07. The van der Waals surface area contributed by atoms with Crippen molar-refractivity contribution in [3.63, 3.8) is 0 Å². The Morgan fingerprint density at radius 2 is 2.33 bits per heavy atom. The molecule has 1 aliphatic carbocycles. The third-order valence-electron chi connectivity index (χ3n) is 1.64. The van der Waals surface area contributed by atoms with Gasteiger partial charge in [0.1, 0.15) is 0 Å². The van der Waals surface area contributed by atoms with Crippen molar-refractivity contribution < 1.29 is 5.11 Å². The van der Waals surface area contributed by atoms with Crippen LogP contribution < -0.4 is 0 Å². The second-order valence-electron chi connectivity index (χ2n) is 2.27. The predicted molar refractivity (Wildman–Crippen MR) is 32.8 cm³/mol. The zero-order valence-electron chi connectivity index (χ0n) is 5.06. The number of aliphatic hydroxyl groups is 1. The smallest absolute Gasteiger partial charge is 0.0633 e. The Labute approximate surface area is 53.1 Å². The van der Waals surface area contributed by atoms with Crippen LogP contribution in [0.3, 0.4) is 0 Å². The van der Waals surface area contributed by atoms with Gasteiger partial charge >= 0.3 is 0 Å². The average Bonchev–Trinajstić information content (AvgIpc) is 2.18. The molecule has 0 saturated heterocycles. The monoisotopic (exact) mass is 127 g/mol. The molecular weight excluding hydrogens is 118 g/mol. The van der Waals surface area contributed by atoms with Gasteiger partial charge in [0.05, 0.1) is 12.1 Å². The van der Waals surface area contributed by atoms with Crippen LogP contribution in [0.4, 0.5) is 0 Å². The van der Waals surface area contributed by atoms with Gasteiger partial charge in [0.25, 0.3) is 0 Å². The van der Waals surface area contributed by atoms with Gasteiger partial charge in [-0.2, -0.15) is 0 Å². The van der Waals surface area contributed by atoms with E-state index in [2.05, 4.69) is 10.0 Å². The maximum Gasteiger partial charge on any atom is 0.0633 e. The van der Waals surface area contributed by atoms with Gasteiger partial charge in [-0.05, 0) is 18.4 Å². The van der Waals surface area contributed by atoms with Crippen LogP contribution in [0.1, 0.15) is 19.3 Å². The first-order valence-electron chi connectivity index (χ1n) is 3.07. The molecular formula is C5H9N3O. The molecule has 2 atom stereocenters. The summed E-state index contributed by atoms with van der Waals surface area (Å²) in [5, 5.41) is 12.5. The second kappa shape index (κ2) is 2.71. The summed E-state index contributed by atoms with van der Waals surface area (Å²) >= 11 is 0. The molecule has 1 N–H and O–H groups in total. The molecule has 0 aromatic rings. The van der Waals surface area contributed by atoms with Crippen molar-refractivity contribution in [2.75, 3.05) is 0 Å². The number of nitrogens with zero attached hydrogens (tertiary/aromatic N) is 3. The Balaban J connectivity index is 2.49. The van der Waals surface area contributed by atoms with E-state index in [1.807, 2.05) is 0 Å². The van der Waals surface area contributed by atoms with Crippen LogP contribution in [0.15, 0.2) is 5.11 Å². The fourth-order valence-electron chi connectivity index (χ4n) is 1.12. The molecule has 0 heterocycles. The van der Waals surface area contributed by atoms with Crippen molar-refractivity contribution in [3.8, 4) is 0 Å². The lowest BCUT2D eigenvalue weighted by Gasteiger charge is -2.04. The summed E-state index contributed by atoms with van der Waals surface area (Å²) in [6.07, 6.45) is 2.21. The van der Waals surface area contributed by atoms with Gasteiger partial charge in [-0.15, -0.1) is 0 Å². The average molecular weight is 127 g/mol. The highest BCUT2D eigenvalue weighted by molar-refractivity contribution is 4.82. The van der Waals surface area contributed by atoms with Gasteiger partial charge in [0.15, 0.2) is 0 Å². The van der Waals surface area contributed by atoms with Crippen LogP contribution in [0.5, 0.6) is 0 Å².